The minimum absolute atomic E-state index is 0.305. The molecular formula is C8H13N3. The maximum absolute atomic E-state index is 5.44. The molecule has 1 aromatic heterocycles. The second-order valence-corrected chi connectivity index (χ2v) is 2.52. The van der Waals surface area contributed by atoms with Crippen molar-refractivity contribution in [3.05, 3.63) is 24.5 Å². The van der Waals surface area contributed by atoms with Gasteiger partial charge >= 0.3 is 0 Å². The highest BCUT2D eigenvalue weighted by Gasteiger charge is 1.96. The van der Waals surface area contributed by atoms with E-state index < -0.39 is 0 Å². The Kier molecular flexibility index (Phi) is 2.86. The van der Waals surface area contributed by atoms with Gasteiger partial charge in [-0.25, -0.2) is 0 Å². The van der Waals surface area contributed by atoms with Gasteiger partial charge in [-0.3, -0.25) is 4.98 Å². The fraction of sp³-hybridized carbons (Fsp3) is 0.375. The molecule has 0 aromatic carbocycles. The number of hydrogen-bond donors (Lipinski definition) is 2. The van der Waals surface area contributed by atoms with Gasteiger partial charge < -0.3 is 11.1 Å². The van der Waals surface area contributed by atoms with Gasteiger partial charge in [0.15, 0.2) is 0 Å². The third-order valence-electron chi connectivity index (χ3n) is 1.43. The van der Waals surface area contributed by atoms with Crippen LogP contribution in [0.5, 0.6) is 0 Å². The van der Waals surface area contributed by atoms with Crippen LogP contribution in [-0.2, 0) is 0 Å². The quantitative estimate of drug-likeness (QED) is 0.673. The van der Waals surface area contributed by atoms with Gasteiger partial charge in [0.05, 0.1) is 5.69 Å². The van der Waals surface area contributed by atoms with Gasteiger partial charge in [-0.15, -0.1) is 0 Å². The monoisotopic (exact) mass is 151 g/mol. The minimum Gasteiger partial charge on any atom is -0.380 e. The van der Waals surface area contributed by atoms with Gasteiger partial charge in [0.2, 0.25) is 0 Å². The number of anilines is 1. The average Bonchev–Trinajstić information content (AvgIpc) is 2.06. The molecule has 0 aliphatic rings. The summed E-state index contributed by atoms with van der Waals surface area (Å²) in [5, 5.41) is 3.20. The molecule has 3 N–H and O–H groups in total. The Hall–Kier alpha value is -1.09. The number of nitrogens with zero attached hydrogens (tertiary/aromatic N) is 1. The van der Waals surface area contributed by atoms with E-state index in [2.05, 4.69) is 10.3 Å². The van der Waals surface area contributed by atoms with Crippen molar-refractivity contribution in [1.82, 2.24) is 4.98 Å². The lowest BCUT2D eigenvalue weighted by molar-refractivity contribution is 0.803. The maximum atomic E-state index is 5.44. The Balaban J connectivity index is 2.51. The molecule has 3 heteroatoms. The lowest BCUT2D eigenvalue weighted by Gasteiger charge is -2.11. The van der Waals surface area contributed by atoms with Gasteiger partial charge in [-0.1, -0.05) is 0 Å². The van der Waals surface area contributed by atoms with E-state index in [1.54, 1.807) is 12.4 Å². The number of hydrogen-bond acceptors (Lipinski definition) is 3. The number of nitrogens with two attached hydrogens (primary N) is 1. The van der Waals surface area contributed by atoms with Crippen molar-refractivity contribution in [3.8, 4) is 0 Å². The summed E-state index contributed by atoms with van der Waals surface area (Å²) in [6.45, 7) is 2.67. The van der Waals surface area contributed by atoms with E-state index in [0.717, 1.165) is 5.69 Å². The molecule has 0 aliphatic heterocycles. The Morgan fingerprint density at radius 2 is 2.55 bits per heavy atom. The van der Waals surface area contributed by atoms with Crippen LogP contribution in [0.4, 0.5) is 5.69 Å². The van der Waals surface area contributed by atoms with Crippen LogP contribution >= 0.6 is 0 Å². The van der Waals surface area contributed by atoms with Crippen LogP contribution in [0.2, 0.25) is 0 Å². The lowest BCUT2D eigenvalue weighted by atomic mass is 10.3. The fourth-order valence-electron chi connectivity index (χ4n) is 0.792. The first-order valence-electron chi connectivity index (χ1n) is 3.69. The molecule has 1 unspecified atom stereocenters. The van der Waals surface area contributed by atoms with Crippen molar-refractivity contribution < 1.29 is 0 Å². The first-order valence-corrected chi connectivity index (χ1v) is 3.69. The highest BCUT2D eigenvalue weighted by Crippen LogP contribution is 2.03. The van der Waals surface area contributed by atoms with Crippen molar-refractivity contribution >= 4 is 5.69 Å². The topological polar surface area (TPSA) is 50.9 Å². The molecule has 60 valence electrons. The van der Waals surface area contributed by atoms with E-state index in [4.69, 9.17) is 5.73 Å². The summed E-state index contributed by atoms with van der Waals surface area (Å²) in [7, 11) is 0. The van der Waals surface area contributed by atoms with Crippen LogP contribution < -0.4 is 11.1 Å². The molecule has 0 radical (unpaired) electrons. The van der Waals surface area contributed by atoms with Crippen molar-refractivity contribution in [1.29, 1.82) is 0 Å². The summed E-state index contributed by atoms with van der Waals surface area (Å²) in [6.07, 6.45) is 3.53. The molecule has 3 nitrogen and oxygen atoms in total. The molecule has 11 heavy (non-hydrogen) atoms. The summed E-state index contributed by atoms with van der Waals surface area (Å²) in [5.74, 6) is 0. The minimum atomic E-state index is 0.305. The standard InChI is InChI=1S/C8H13N3/c1-7(5-9)11-8-3-2-4-10-6-8/h2-4,6-7,11H,5,9H2,1H3. The van der Waals surface area contributed by atoms with Crippen molar-refractivity contribution in [2.75, 3.05) is 11.9 Å². The second-order valence-electron chi connectivity index (χ2n) is 2.52. The summed E-state index contributed by atoms with van der Waals surface area (Å²) in [6, 6.07) is 4.17. The van der Waals surface area contributed by atoms with E-state index in [1.807, 2.05) is 19.1 Å². The normalized spacial score (nSPS) is 12.5. The Morgan fingerprint density at radius 1 is 1.73 bits per heavy atom. The smallest absolute Gasteiger partial charge is 0.0529 e. The lowest BCUT2D eigenvalue weighted by Crippen LogP contribution is -2.25. The third kappa shape index (κ3) is 2.55. The van der Waals surface area contributed by atoms with Crippen LogP contribution in [0.3, 0.4) is 0 Å². The average molecular weight is 151 g/mol. The maximum Gasteiger partial charge on any atom is 0.0529 e. The van der Waals surface area contributed by atoms with Gasteiger partial charge in [-0.05, 0) is 19.1 Å². The van der Waals surface area contributed by atoms with Gasteiger partial charge in [-0.2, -0.15) is 0 Å². The number of aromatic nitrogens is 1. The zero-order valence-electron chi connectivity index (χ0n) is 6.62. The highest BCUT2D eigenvalue weighted by atomic mass is 14.9. The molecular weight excluding hydrogens is 138 g/mol. The molecule has 0 saturated heterocycles. The Bertz CT molecular complexity index is 198. The molecule has 0 bridgehead atoms. The largest absolute Gasteiger partial charge is 0.380 e. The molecule has 0 spiro atoms. The van der Waals surface area contributed by atoms with Crippen molar-refractivity contribution in [3.63, 3.8) is 0 Å². The van der Waals surface area contributed by atoms with Gasteiger partial charge in [0, 0.05) is 25.0 Å². The van der Waals surface area contributed by atoms with Crippen LogP contribution in [-0.4, -0.2) is 17.6 Å². The zero-order valence-corrected chi connectivity index (χ0v) is 6.62. The first kappa shape index (κ1) is 8.01. The molecule has 0 fully saturated rings. The van der Waals surface area contributed by atoms with E-state index in [0.29, 0.717) is 12.6 Å². The molecule has 1 atom stereocenters. The van der Waals surface area contributed by atoms with Gasteiger partial charge in [0.1, 0.15) is 0 Å². The van der Waals surface area contributed by atoms with E-state index in [-0.39, 0.29) is 0 Å². The summed E-state index contributed by atoms with van der Waals surface area (Å²) < 4.78 is 0. The Morgan fingerprint density at radius 3 is 3.09 bits per heavy atom. The SMILES string of the molecule is CC(CN)Nc1cccnc1. The molecule has 0 amide bonds. The number of rotatable bonds is 3. The molecule has 0 aliphatic carbocycles. The molecule has 1 rings (SSSR count). The predicted molar refractivity (Wildman–Crippen MR) is 46.4 cm³/mol. The molecule has 1 heterocycles. The first-order chi connectivity index (χ1) is 5.33. The summed E-state index contributed by atoms with van der Waals surface area (Å²) in [4.78, 5) is 3.97. The van der Waals surface area contributed by atoms with Crippen LogP contribution in [0, 0.1) is 0 Å². The van der Waals surface area contributed by atoms with Crippen LogP contribution in [0.15, 0.2) is 24.5 Å². The highest BCUT2D eigenvalue weighted by molar-refractivity contribution is 5.40. The van der Waals surface area contributed by atoms with Crippen molar-refractivity contribution in [2.24, 2.45) is 5.73 Å². The molecule has 1 aromatic rings. The second kappa shape index (κ2) is 3.93. The molecule has 0 saturated carbocycles. The summed E-state index contributed by atoms with van der Waals surface area (Å²) >= 11 is 0. The van der Waals surface area contributed by atoms with E-state index >= 15 is 0 Å². The van der Waals surface area contributed by atoms with E-state index in [9.17, 15) is 0 Å². The summed E-state index contributed by atoms with van der Waals surface area (Å²) in [5.41, 5.74) is 6.46. The Labute approximate surface area is 66.6 Å². The zero-order chi connectivity index (χ0) is 8.10. The predicted octanol–water partition coefficient (Wildman–Crippen LogP) is 0.841. The van der Waals surface area contributed by atoms with E-state index in [1.165, 1.54) is 0 Å². The number of nitrogens with one attached hydrogen (secondary N) is 1. The van der Waals surface area contributed by atoms with Crippen molar-refractivity contribution in [2.45, 2.75) is 13.0 Å². The fourth-order valence-corrected chi connectivity index (χ4v) is 0.792. The number of pyridine rings is 1. The third-order valence-corrected chi connectivity index (χ3v) is 1.43. The van der Waals surface area contributed by atoms with Crippen LogP contribution in [0.1, 0.15) is 6.92 Å². The van der Waals surface area contributed by atoms with Gasteiger partial charge in [0.25, 0.3) is 0 Å². The van der Waals surface area contributed by atoms with Crippen LogP contribution in [0.25, 0.3) is 0 Å².